The highest BCUT2D eigenvalue weighted by Gasteiger charge is 2.05. The predicted octanol–water partition coefficient (Wildman–Crippen LogP) is 0.383. The van der Waals surface area contributed by atoms with E-state index < -0.39 is 10.8 Å². The van der Waals surface area contributed by atoms with Crippen molar-refractivity contribution in [1.29, 1.82) is 0 Å². The molecule has 0 aliphatic rings. The number of hydrogen-bond acceptors (Lipinski definition) is 4. The number of nitrogens with two attached hydrogens (primary N) is 1. The lowest BCUT2D eigenvalue weighted by atomic mass is 10.2. The summed E-state index contributed by atoms with van der Waals surface area (Å²) in [4.78, 5) is 0. The lowest BCUT2D eigenvalue weighted by molar-refractivity contribution is 0.112. The average molecular weight is 237 g/mol. The van der Waals surface area contributed by atoms with Gasteiger partial charge in [0, 0.05) is 42.6 Å². The maximum atomic E-state index is 11.5. The minimum absolute atomic E-state index is 0.333. The molecule has 4 nitrogen and oxygen atoms in total. The normalized spacial score (nSPS) is 15.1. The monoisotopic (exact) mass is 237 g/mol. The molecule has 0 rings (SSSR count). The van der Waals surface area contributed by atoms with E-state index in [1.165, 1.54) is 0 Å². The summed E-state index contributed by atoms with van der Waals surface area (Å²) in [6.45, 7) is 4.57. The Morgan fingerprint density at radius 3 is 2.67 bits per heavy atom. The molecule has 2 atom stereocenters. The summed E-state index contributed by atoms with van der Waals surface area (Å²) in [5.41, 5.74) is 5.45. The molecule has 92 valence electrons. The quantitative estimate of drug-likeness (QED) is 0.558. The molecule has 0 fully saturated rings. The van der Waals surface area contributed by atoms with Gasteiger partial charge >= 0.3 is 0 Å². The van der Waals surface area contributed by atoms with Crippen LogP contribution in [0.3, 0.4) is 0 Å². The van der Waals surface area contributed by atoms with Gasteiger partial charge in [-0.3, -0.25) is 4.21 Å². The van der Waals surface area contributed by atoms with Crippen molar-refractivity contribution in [3.8, 4) is 0 Å². The highest BCUT2D eigenvalue weighted by atomic mass is 32.2. The zero-order chi connectivity index (χ0) is 11.5. The first-order chi connectivity index (χ1) is 7.20. The summed E-state index contributed by atoms with van der Waals surface area (Å²) in [7, 11) is 0.876. The summed E-state index contributed by atoms with van der Waals surface area (Å²) in [6, 6.07) is 0. The Bertz CT molecular complexity index is 167. The van der Waals surface area contributed by atoms with Crippen LogP contribution in [0.25, 0.3) is 0 Å². The highest BCUT2D eigenvalue weighted by molar-refractivity contribution is 7.85. The molecule has 0 bridgehead atoms. The van der Waals surface area contributed by atoms with E-state index in [-0.39, 0.29) is 0 Å². The van der Waals surface area contributed by atoms with Gasteiger partial charge in [-0.15, -0.1) is 0 Å². The van der Waals surface area contributed by atoms with E-state index in [0.717, 1.165) is 6.42 Å². The molecule has 2 unspecified atom stereocenters. The second kappa shape index (κ2) is 10.5. The standard InChI is InChI=1S/C10H23NO3S/c1-10(8-11)9-15(12)7-6-14-5-3-4-13-2/h10H,3-9,11H2,1-2H3. The molecule has 0 heterocycles. The molecule has 2 N–H and O–H groups in total. The first kappa shape index (κ1) is 15.0. The number of hydrogen-bond donors (Lipinski definition) is 1. The molecular weight excluding hydrogens is 214 g/mol. The van der Waals surface area contributed by atoms with Crippen LogP contribution in [-0.4, -0.2) is 49.2 Å². The van der Waals surface area contributed by atoms with Gasteiger partial charge in [0.25, 0.3) is 0 Å². The smallest absolute Gasteiger partial charge is 0.0581 e. The zero-order valence-electron chi connectivity index (χ0n) is 9.74. The van der Waals surface area contributed by atoms with Gasteiger partial charge in [0.2, 0.25) is 0 Å². The molecule has 0 amide bonds. The Kier molecular flexibility index (Phi) is 10.6. The Morgan fingerprint density at radius 1 is 1.33 bits per heavy atom. The van der Waals surface area contributed by atoms with E-state index in [0.29, 0.717) is 43.8 Å². The van der Waals surface area contributed by atoms with Gasteiger partial charge in [0.05, 0.1) is 6.61 Å². The molecule has 0 saturated heterocycles. The van der Waals surface area contributed by atoms with E-state index >= 15 is 0 Å². The third kappa shape index (κ3) is 10.3. The van der Waals surface area contributed by atoms with E-state index in [9.17, 15) is 4.21 Å². The molecule has 0 aromatic rings. The van der Waals surface area contributed by atoms with E-state index in [1.807, 2.05) is 6.92 Å². The molecule has 0 saturated carbocycles. The van der Waals surface area contributed by atoms with Gasteiger partial charge in [-0.2, -0.15) is 0 Å². The van der Waals surface area contributed by atoms with E-state index in [2.05, 4.69) is 0 Å². The molecule has 0 aromatic carbocycles. The van der Waals surface area contributed by atoms with Crippen LogP contribution in [-0.2, 0) is 20.3 Å². The van der Waals surface area contributed by atoms with Crippen LogP contribution in [0.15, 0.2) is 0 Å². The summed E-state index contributed by atoms with van der Waals surface area (Å²) >= 11 is 0. The molecule has 0 spiro atoms. The van der Waals surface area contributed by atoms with Crippen molar-refractivity contribution in [1.82, 2.24) is 0 Å². The molecule has 0 aliphatic carbocycles. The summed E-state index contributed by atoms with van der Waals surface area (Å²) in [5, 5.41) is 0. The highest BCUT2D eigenvalue weighted by Crippen LogP contribution is 1.96. The first-order valence-corrected chi connectivity index (χ1v) is 6.81. The van der Waals surface area contributed by atoms with Gasteiger partial charge in [-0.05, 0) is 18.9 Å². The third-order valence-corrected chi connectivity index (χ3v) is 3.53. The van der Waals surface area contributed by atoms with Crippen LogP contribution in [0.2, 0.25) is 0 Å². The van der Waals surface area contributed by atoms with Gasteiger partial charge in [-0.25, -0.2) is 0 Å². The largest absolute Gasteiger partial charge is 0.385 e. The summed E-state index contributed by atoms with van der Waals surface area (Å²) < 4.78 is 21.7. The minimum atomic E-state index is -0.793. The number of rotatable bonds is 10. The SMILES string of the molecule is COCCCOCCS(=O)CC(C)CN. The van der Waals surface area contributed by atoms with Crippen LogP contribution in [0.5, 0.6) is 0 Å². The molecule has 5 heteroatoms. The fourth-order valence-electron chi connectivity index (χ4n) is 1.03. The van der Waals surface area contributed by atoms with Gasteiger partial charge in [0.15, 0.2) is 0 Å². The van der Waals surface area contributed by atoms with Crippen molar-refractivity contribution in [3.05, 3.63) is 0 Å². The molecule has 0 radical (unpaired) electrons. The lowest BCUT2D eigenvalue weighted by Crippen LogP contribution is -2.20. The van der Waals surface area contributed by atoms with Crippen molar-refractivity contribution in [2.75, 3.05) is 45.0 Å². The van der Waals surface area contributed by atoms with Crippen LogP contribution < -0.4 is 5.73 Å². The van der Waals surface area contributed by atoms with E-state index in [1.54, 1.807) is 7.11 Å². The Labute approximate surface area is 95.0 Å². The van der Waals surface area contributed by atoms with E-state index in [4.69, 9.17) is 15.2 Å². The summed E-state index contributed by atoms with van der Waals surface area (Å²) in [6.07, 6.45) is 0.891. The first-order valence-electron chi connectivity index (χ1n) is 5.32. The third-order valence-electron chi connectivity index (χ3n) is 1.97. The second-order valence-corrected chi connectivity index (χ2v) is 5.23. The molecule has 0 aromatic heterocycles. The molecular formula is C10H23NO3S. The van der Waals surface area contributed by atoms with Gasteiger partial charge in [0.1, 0.15) is 0 Å². The Morgan fingerprint density at radius 2 is 2.07 bits per heavy atom. The van der Waals surface area contributed by atoms with Crippen molar-refractivity contribution in [2.24, 2.45) is 11.7 Å². The fraction of sp³-hybridized carbons (Fsp3) is 1.00. The maximum absolute atomic E-state index is 11.5. The Balaban J connectivity index is 3.24. The number of ether oxygens (including phenoxy) is 2. The van der Waals surface area contributed by atoms with Gasteiger partial charge in [-0.1, -0.05) is 6.92 Å². The predicted molar refractivity (Wildman–Crippen MR) is 63.4 cm³/mol. The zero-order valence-corrected chi connectivity index (χ0v) is 10.6. The van der Waals surface area contributed by atoms with Crippen molar-refractivity contribution < 1.29 is 13.7 Å². The van der Waals surface area contributed by atoms with Crippen molar-refractivity contribution >= 4 is 10.8 Å². The average Bonchev–Trinajstić information content (AvgIpc) is 2.23. The Hall–Kier alpha value is 0.0300. The topological polar surface area (TPSA) is 61.5 Å². The second-order valence-electron chi connectivity index (χ2n) is 3.61. The minimum Gasteiger partial charge on any atom is -0.385 e. The lowest BCUT2D eigenvalue weighted by Gasteiger charge is -2.08. The van der Waals surface area contributed by atoms with Crippen molar-refractivity contribution in [2.45, 2.75) is 13.3 Å². The number of methoxy groups -OCH3 is 1. The van der Waals surface area contributed by atoms with Crippen LogP contribution in [0.1, 0.15) is 13.3 Å². The van der Waals surface area contributed by atoms with Crippen molar-refractivity contribution in [3.63, 3.8) is 0 Å². The van der Waals surface area contributed by atoms with Crippen LogP contribution in [0.4, 0.5) is 0 Å². The van der Waals surface area contributed by atoms with Gasteiger partial charge < -0.3 is 15.2 Å². The molecule has 15 heavy (non-hydrogen) atoms. The maximum Gasteiger partial charge on any atom is 0.0581 e. The van der Waals surface area contributed by atoms with Crippen LogP contribution in [0, 0.1) is 5.92 Å². The summed E-state index contributed by atoms with van der Waals surface area (Å²) in [5.74, 6) is 1.62. The van der Waals surface area contributed by atoms with Crippen LogP contribution >= 0.6 is 0 Å². The molecule has 0 aliphatic heterocycles. The fourth-order valence-corrected chi connectivity index (χ4v) is 2.27.